The van der Waals surface area contributed by atoms with Gasteiger partial charge in [-0.25, -0.2) is 0 Å². The molecule has 0 aromatic heterocycles. The normalized spacial score (nSPS) is 13.5. The third kappa shape index (κ3) is 4.36. The molecule has 4 rings (SSSR count). The number of anilines is 1. The van der Waals surface area contributed by atoms with Crippen LogP contribution in [-0.2, 0) is 11.4 Å². The fraction of sp³-hybridized carbons (Fsp3) is 0.174. The van der Waals surface area contributed by atoms with Crippen molar-refractivity contribution in [2.24, 2.45) is 0 Å². The van der Waals surface area contributed by atoms with Gasteiger partial charge in [-0.15, -0.1) is 0 Å². The Morgan fingerprint density at radius 2 is 1.83 bits per heavy atom. The minimum absolute atomic E-state index is 0.0323. The van der Waals surface area contributed by atoms with Crippen LogP contribution in [0.4, 0.5) is 5.69 Å². The SMILES string of the molecule is Cc1cccc(C)c1-c1cccc(COc2ccc(N3CC(=O)NS3)c(Cl)c2)c1. The van der Waals surface area contributed by atoms with Crippen LogP contribution in [0.1, 0.15) is 16.7 Å². The molecule has 0 spiro atoms. The smallest absolute Gasteiger partial charge is 0.251 e. The molecular formula is C23H21ClN2O2S. The van der Waals surface area contributed by atoms with Gasteiger partial charge in [0.2, 0.25) is 0 Å². The number of halogens is 1. The number of ether oxygens (including phenoxy) is 1. The monoisotopic (exact) mass is 424 g/mol. The summed E-state index contributed by atoms with van der Waals surface area (Å²) in [5.74, 6) is 0.662. The zero-order valence-electron chi connectivity index (χ0n) is 16.2. The van der Waals surface area contributed by atoms with Crippen LogP contribution in [0.15, 0.2) is 60.7 Å². The Labute approximate surface area is 180 Å². The number of aryl methyl sites for hydroxylation is 2. The van der Waals surface area contributed by atoms with E-state index in [1.54, 1.807) is 6.07 Å². The van der Waals surface area contributed by atoms with Crippen LogP contribution in [0.5, 0.6) is 5.75 Å². The van der Waals surface area contributed by atoms with Gasteiger partial charge in [0.1, 0.15) is 18.9 Å². The van der Waals surface area contributed by atoms with Crippen LogP contribution in [-0.4, -0.2) is 12.5 Å². The fourth-order valence-electron chi connectivity index (χ4n) is 3.47. The number of nitrogens with zero attached hydrogens (tertiary/aromatic N) is 1. The molecule has 6 heteroatoms. The summed E-state index contributed by atoms with van der Waals surface area (Å²) >= 11 is 7.65. The van der Waals surface area contributed by atoms with Gasteiger partial charge >= 0.3 is 0 Å². The molecule has 1 fully saturated rings. The molecule has 3 aromatic rings. The lowest BCUT2D eigenvalue weighted by Gasteiger charge is -2.16. The van der Waals surface area contributed by atoms with Crippen molar-refractivity contribution in [1.29, 1.82) is 0 Å². The minimum Gasteiger partial charge on any atom is -0.489 e. The molecule has 0 atom stereocenters. The first kappa shape index (κ1) is 19.7. The topological polar surface area (TPSA) is 41.6 Å². The second kappa shape index (κ2) is 8.39. The van der Waals surface area contributed by atoms with E-state index in [1.165, 1.54) is 34.4 Å². The second-order valence-corrected chi connectivity index (χ2v) is 8.26. The number of hydrogen-bond acceptors (Lipinski definition) is 4. The van der Waals surface area contributed by atoms with Crippen LogP contribution >= 0.6 is 23.7 Å². The van der Waals surface area contributed by atoms with E-state index in [0.29, 0.717) is 17.4 Å². The minimum atomic E-state index is -0.0323. The van der Waals surface area contributed by atoms with Crippen molar-refractivity contribution in [2.45, 2.75) is 20.5 Å². The number of hydrogen-bond donors (Lipinski definition) is 1. The number of benzene rings is 3. The van der Waals surface area contributed by atoms with Gasteiger partial charge in [0.25, 0.3) is 5.91 Å². The molecule has 29 heavy (non-hydrogen) atoms. The van der Waals surface area contributed by atoms with Crippen molar-refractivity contribution in [1.82, 2.24) is 4.72 Å². The van der Waals surface area contributed by atoms with Gasteiger partial charge < -0.3 is 4.74 Å². The summed E-state index contributed by atoms with van der Waals surface area (Å²) in [6.45, 7) is 5.01. The number of carbonyl (C=O) groups is 1. The van der Waals surface area contributed by atoms with E-state index in [4.69, 9.17) is 16.3 Å². The van der Waals surface area contributed by atoms with Crippen molar-refractivity contribution >= 4 is 35.3 Å². The van der Waals surface area contributed by atoms with Gasteiger partial charge in [0.05, 0.1) is 22.8 Å². The second-order valence-electron chi connectivity index (χ2n) is 7.02. The molecule has 3 aromatic carbocycles. The molecular weight excluding hydrogens is 404 g/mol. The summed E-state index contributed by atoms with van der Waals surface area (Å²) in [4.78, 5) is 11.4. The van der Waals surface area contributed by atoms with Crippen molar-refractivity contribution in [3.63, 3.8) is 0 Å². The van der Waals surface area contributed by atoms with Gasteiger partial charge in [0.15, 0.2) is 0 Å². The van der Waals surface area contributed by atoms with Crippen LogP contribution < -0.4 is 13.8 Å². The molecule has 0 saturated carbocycles. The van der Waals surface area contributed by atoms with Gasteiger partial charge in [0, 0.05) is 6.07 Å². The Hall–Kier alpha value is -2.63. The van der Waals surface area contributed by atoms with Gasteiger partial charge in [-0.2, -0.15) is 0 Å². The Morgan fingerprint density at radius 3 is 2.52 bits per heavy atom. The molecule has 1 aliphatic heterocycles. The highest BCUT2D eigenvalue weighted by Gasteiger charge is 2.22. The number of nitrogens with one attached hydrogen (secondary N) is 1. The van der Waals surface area contributed by atoms with E-state index in [-0.39, 0.29) is 12.5 Å². The zero-order chi connectivity index (χ0) is 20.4. The van der Waals surface area contributed by atoms with Crippen molar-refractivity contribution in [2.75, 3.05) is 10.8 Å². The molecule has 4 nitrogen and oxygen atoms in total. The Morgan fingerprint density at radius 1 is 1.07 bits per heavy atom. The first-order chi connectivity index (χ1) is 14.0. The average molecular weight is 425 g/mol. The van der Waals surface area contributed by atoms with Crippen LogP contribution in [0.3, 0.4) is 0 Å². The fourth-order valence-corrected chi connectivity index (χ4v) is 4.51. The molecule has 1 heterocycles. The molecule has 0 radical (unpaired) electrons. The Bertz CT molecular complexity index is 1050. The maximum Gasteiger partial charge on any atom is 0.251 e. The number of amides is 1. The Kier molecular flexibility index (Phi) is 5.69. The van der Waals surface area contributed by atoms with E-state index in [9.17, 15) is 4.79 Å². The molecule has 0 unspecified atom stereocenters. The van der Waals surface area contributed by atoms with E-state index in [1.807, 2.05) is 16.4 Å². The van der Waals surface area contributed by atoms with Gasteiger partial charge in [-0.3, -0.25) is 13.8 Å². The first-order valence-corrected chi connectivity index (χ1v) is 10.5. The summed E-state index contributed by atoms with van der Waals surface area (Å²) in [5.41, 5.74) is 6.87. The van der Waals surface area contributed by atoms with Crippen LogP contribution in [0.25, 0.3) is 11.1 Å². The maximum atomic E-state index is 11.4. The molecule has 1 aliphatic rings. The zero-order valence-corrected chi connectivity index (χ0v) is 17.8. The molecule has 1 saturated heterocycles. The van der Waals surface area contributed by atoms with E-state index < -0.39 is 0 Å². The molecule has 0 bridgehead atoms. The van der Waals surface area contributed by atoms with Crippen molar-refractivity contribution in [3.8, 4) is 16.9 Å². The molecule has 1 N–H and O–H groups in total. The number of carbonyl (C=O) groups excluding carboxylic acids is 1. The average Bonchev–Trinajstić information content (AvgIpc) is 3.13. The van der Waals surface area contributed by atoms with Crippen molar-refractivity contribution in [3.05, 3.63) is 82.4 Å². The molecule has 1 amide bonds. The molecule has 0 aliphatic carbocycles. The largest absolute Gasteiger partial charge is 0.489 e. The van der Waals surface area contributed by atoms with Gasteiger partial charge in [-0.1, -0.05) is 48.0 Å². The standard InChI is InChI=1S/C23H21ClN2O2S/c1-15-5-3-6-16(2)23(15)18-8-4-7-17(11-18)14-28-19-9-10-21(20(24)12-19)26-13-22(27)25-29-26/h3-12H,13-14H2,1-2H3,(H,25,27). The summed E-state index contributed by atoms with van der Waals surface area (Å²) in [7, 11) is 0. The highest BCUT2D eigenvalue weighted by atomic mass is 35.5. The quantitative estimate of drug-likeness (QED) is 0.533. The van der Waals surface area contributed by atoms with Crippen molar-refractivity contribution < 1.29 is 9.53 Å². The van der Waals surface area contributed by atoms with E-state index in [0.717, 1.165) is 11.3 Å². The third-order valence-electron chi connectivity index (χ3n) is 4.85. The predicted octanol–water partition coefficient (Wildman–Crippen LogP) is 5.70. The van der Waals surface area contributed by atoms with E-state index in [2.05, 4.69) is 61.0 Å². The number of rotatable bonds is 5. The Balaban J connectivity index is 1.48. The lowest BCUT2D eigenvalue weighted by molar-refractivity contribution is -0.117. The van der Waals surface area contributed by atoms with Crippen LogP contribution in [0.2, 0.25) is 5.02 Å². The summed E-state index contributed by atoms with van der Waals surface area (Å²) in [6, 6.07) is 20.3. The predicted molar refractivity (Wildman–Crippen MR) is 120 cm³/mol. The lowest BCUT2D eigenvalue weighted by atomic mass is 9.95. The summed E-state index contributed by atoms with van der Waals surface area (Å²) < 4.78 is 10.5. The highest BCUT2D eigenvalue weighted by Crippen LogP contribution is 2.34. The van der Waals surface area contributed by atoms with Crippen LogP contribution in [0, 0.1) is 13.8 Å². The maximum absolute atomic E-state index is 11.4. The molecule has 148 valence electrons. The summed E-state index contributed by atoms with van der Waals surface area (Å²) in [6.07, 6.45) is 0. The first-order valence-electron chi connectivity index (χ1n) is 9.32. The third-order valence-corrected chi connectivity index (χ3v) is 6.01. The summed E-state index contributed by atoms with van der Waals surface area (Å²) in [5, 5.41) is 0.552. The lowest BCUT2D eigenvalue weighted by Crippen LogP contribution is -2.15. The van der Waals surface area contributed by atoms with Gasteiger partial charge in [-0.05, 0) is 59.9 Å². The highest BCUT2D eigenvalue weighted by molar-refractivity contribution is 7.99. The van der Waals surface area contributed by atoms with E-state index >= 15 is 0 Å².